The summed E-state index contributed by atoms with van der Waals surface area (Å²) in [4.78, 5) is 10.6. The normalized spacial score (nSPS) is 10.0. The van der Waals surface area contributed by atoms with Gasteiger partial charge in [0.1, 0.15) is 0 Å². The molecule has 0 saturated carbocycles. The van der Waals surface area contributed by atoms with Crippen molar-refractivity contribution in [3.63, 3.8) is 0 Å². The SMILES string of the molecule is CC(C)=CCCn1cc(N)c(C(=O)O)n1. The zero-order valence-electron chi connectivity index (χ0n) is 8.90. The van der Waals surface area contributed by atoms with Gasteiger partial charge in [-0.25, -0.2) is 4.79 Å². The van der Waals surface area contributed by atoms with Gasteiger partial charge in [0.15, 0.2) is 5.69 Å². The standard InChI is InChI=1S/C10H15N3O2/c1-7(2)4-3-5-13-6-8(11)9(12-13)10(14)15/h4,6H,3,5,11H2,1-2H3,(H,14,15). The minimum Gasteiger partial charge on any atom is -0.476 e. The van der Waals surface area contributed by atoms with Gasteiger partial charge in [-0.15, -0.1) is 0 Å². The average molecular weight is 209 g/mol. The van der Waals surface area contributed by atoms with Crippen molar-refractivity contribution in [2.24, 2.45) is 0 Å². The first kappa shape index (κ1) is 11.3. The lowest BCUT2D eigenvalue weighted by atomic mass is 10.3. The molecule has 1 aromatic heterocycles. The second-order valence-corrected chi connectivity index (χ2v) is 3.57. The summed E-state index contributed by atoms with van der Waals surface area (Å²) in [6, 6.07) is 0. The number of hydrogen-bond acceptors (Lipinski definition) is 3. The van der Waals surface area contributed by atoms with Crippen LogP contribution in [0.2, 0.25) is 0 Å². The molecule has 1 aromatic rings. The van der Waals surface area contributed by atoms with Crippen LogP contribution in [0.25, 0.3) is 0 Å². The number of aromatic carboxylic acids is 1. The van der Waals surface area contributed by atoms with Crippen LogP contribution in [0.3, 0.4) is 0 Å². The molecule has 0 aliphatic carbocycles. The van der Waals surface area contributed by atoms with Crippen molar-refractivity contribution in [1.82, 2.24) is 9.78 Å². The summed E-state index contributed by atoms with van der Waals surface area (Å²) in [6.45, 7) is 4.67. The number of carboxylic acid groups (broad SMARTS) is 1. The lowest BCUT2D eigenvalue weighted by molar-refractivity contribution is 0.0690. The Balaban J connectivity index is 2.68. The quantitative estimate of drug-likeness (QED) is 0.736. The number of anilines is 1. The Morgan fingerprint density at radius 2 is 2.33 bits per heavy atom. The van der Waals surface area contributed by atoms with Crippen molar-refractivity contribution < 1.29 is 9.90 Å². The summed E-state index contributed by atoms with van der Waals surface area (Å²) in [5, 5.41) is 12.6. The topological polar surface area (TPSA) is 81.1 Å². The fraction of sp³-hybridized carbons (Fsp3) is 0.400. The van der Waals surface area contributed by atoms with Crippen molar-refractivity contribution in [2.75, 3.05) is 5.73 Å². The third-order valence-electron chi connectivity index (χ3n) is 1.90. The zero-order valence-corrected chi connectivity index (χ0v) is 8.90. The molecular weight excluding hydrogens is 194 g/mol. The number of nitrogens with zero attached hydrogens (tertiary/aromatic N) is 2. The maximum Gasteiger partial charge on any atom is 0.358 e. The van der Waals surface area contributed by atoms with E-state index in [1.165, 1.54) is 5.57 Å². The third-order valence-corrected chi connectivity index (χ3v) is 1.90. The molecule has 1 heterocycles. The number of rotatable bonds is 4. The van der Waals surface area contributed by atoms with Crippen molar-refractivity contribution in [1.29, 1.82) is 0 Å². The van der Waals surface area contributed by atoms with Crippen LogP contribution in [0.1, 0.15) is 30.8 Å². The number of aromatic nitrogens is 2. The summed E-state index contributed by atoms with van der Waals surface area (Å²) < 4.78 is 1.55. The van der Waals surface area contributed by atoms with Crippen LogP contribution in [0, 0.1) is 0 Å². The van der Waals surface area contributed by atoms with Crippen LogP contribution in [0.5, 0.6) is 0 Å². The highest BCUT2D eigenvalue weighted by molar-refractivity contribution is 5.91. The molecule has 82 valence electrons. The Labute approximate surface area is 88.2 Å². The Bertz CT molecular complexity index is 389. The fourth-order valence-electron chi connectivity index (χ4n) is 1.20. The minimum absolute atomic E-state index is 0.0767. The molecule has 0 radical (unpaired) electrons. The van der Waals surface area contributed by atoms with Gasteiger partial charge in [-0.1, -0.05) is 11.6 Å². The van der Waals surface area contributed by atoms with E-state index in [2.05, 4.69) is 11.2 Å². The van der Waals surface area contributed by atoms with E-state index in [0.29, 0.717) is 6.54 Å². The molecule has 0 unspecified atom stereocenters. The van der Waals surface area contributed by atoms with Crippen LogP contribution < -0.4 is 5.73 Å². The summed E-state index contributed by atoms with van der Waals surface area (Å²) in [7, 11) is 0. The van der Waals surface area contributed by atoms with E-state index in [1.807, 2.05) is 13.8 Å². The number of hydrogen-bond donors (Lipinski definition) is 2. The summed E-state index contributed by atoms with van der Waals surface area (Å²) in [5.41, 5.74) is 6.86. The van der Waals surface area contributed by atoms with Gasteiger partial charge < -0.3 is 10.8 Å². The smallest absolute Gasteiger partial charge is 0.358 e. The van der Waals surface area contributed by atoms with E-state index in [-0.39, 0.29) is 11.4 Å². The summed E-state index contributed by atoms with van der Waals surface area (Å²) in [5.74, 6) is -1.09. The van der Waals surface area contributed by atoms with E-state index < -0.39 is 5.97 Å². The summed E-state index contributed by atoms with van der Waals surface area (Å²) >= 11 is 0. The number of carboxylic acids is 1. The van der Waals surface area contributed by atoms with Crippen molar-refractivity contribution in [2.45, 2.75) is 26.8 Å². The Hall–Kier alpha value is -1.78. The molecule has 0 saturated heterocycles. The lowest BCUT2D eigenvalue weighted by Crippen LogP contribution is -2.03. The Morgan fingerprint density at radius 1 is 1.67 bits per heavy atom. The molecule has 0 aliphatic rings. The molecule has 0 amide bonds. The summed E-state index contributed by atoms with van der Waals surface area (Å²) in [6.07, 6.45) is 4.43. The first-order chi connectivity index (χ1) is 7.00. The van der Waals surface area contributed by atoms with Crippen LogP contribution in [0.15, 0.2) is 17.8 Å². The molecule has 0 aromatic carbocycles. The minimum atomic E-state index is -1.09. The van der Waals surface area contributed by atoms with Crippen LogP contribution in [-0.2, 0) is 6.54 Å². The van der Waals surface area contributed by atoms with Gasteiger partial charge in [-0.3, -0.25) is 4.68 Å². The van der Waals surface area contributed by atoms with E-state index in [1.54, 1.807) is 10.9 Å². The van der Waals surface area contributed by atoms with Crippen molar-refractivity contribution in [3.8, 4) is 0 Å². The Kier molecular flexibility index (Phi) is 3.49. The first-order valence-corrected chi connectivity index (χ1v) is 4.70. The molecular formula is C10H15N3O2. The van der Waals surface area contributed by atoms with Crippen LogP contribution in [-0.4, -0.2) is 20.9 Å². The number of carbonyl (C=O) groups is 1. The first-order valence-electron chi connectivity index (χ1n) is 4.70. The molecule has 15 heavy (non-hydrogen) atoms. The monoisotopic (exact) mass is 209 g/mol. The van der Waals surface area contributed by atoms with Crippen molar-refractivity contribution >= 4 is 11.7 Å². The largest absolute Gasteiger partial charge is 0.476 e. The van der Waals surface area contributed by atoms with Crippen molar-refractivity contribution in [3.05, 3.63) is 23.5 Å². The van der Waals surface area contributed by atoms with Gasteiger partial charge >= 0.3 is 5.97 Å². The number of aryl methyl sites for hydroxylation is 1. The predicted octanol–water partition coefficient (Wildman–Crippen LogP) is 1.52. The number of nitrogens with two attached hydrogens (primary N) is 1. The Morgan fingerprint density at radius 3 is 2.80 bits per heavy atom. The average Bonchev–Trinajstić information content (AvgIpc) is 2.46. The molecule has 3 N–H and O–H groups in total. The molecule has 1 rings (SSSR count). The van der Waals surface area contributed by atoms with E-state index >= 15 is 0 Å². The molecule has 5 nitrogen and oxygen atoms in total. The second-order valence-electron chi connectivity index (χ2n) is 3.57. The molecule has 0 atom stereocenters. The van der Waals surface area contributed by atoms with Gasteiger partial charge in [0.05, 0.1) is 5.69 Å². The van der Waals surface area contributed by atoms with Gasteiger partial charge in [0.25, 0.3) is 0 Å². The maximum atomic E-state index is 10.6. The lowest BCUT2D eigenvalue weighted by Gasteiger charge is -1.96. The molecule has 0 bridgehead atoms. The zero-order chi connectivity index (χ0) is 11.4. The van der Waals surface area contributed by atoms with Crippen LogP contribution >= 0.6 is 0 Å². The molecule has 5 heteroatoms. The van der Waals surface area contributed by atoms with E-state index in [0.717, 1.165) is 6.42 Å². The molecule has 0 spiro atoms. The molecule has 0 fully saturated rings. The highest BCUT2D eigenvalue weighted by Crippen LogP contribution is 2.09. The third kappa shape index (κ3) is 3.12. The molecule has 0 aliphatic heterocycles. The highest BCUT2D eigenvalue weighted by atomic mass is 16.4. The van der Waals surface area contributed by atoms with E-state index in [4.69, 9.17) is 10.8 Å². The second kappa shape index (κ2) is 4.63. The highest BCUT2D eigenvalue weighted by Gasteiger charge is 2.12. The maximum absolute atomic E-state index is 10.6. The van der Waals surface area contributed by atoms with Gasteiger partial charge in [0, 0.05) is 12.7 Å². The number of nitrogen functional groups attached to an aromatic ring is 1. The van der Waals surface area contributed by atoms with E-state index in [9.17, 15) is 4.79 Å². The predicted molar refractivity (Wildman–Crippen MR) is 57.6 cm³/mol. The van der Waals surface area contributed by atoms with Gasteiger partial charge in [-0.05, 0) is 20.3 Å². The fourth-order valence-corrected chi connectivity index (χ4v) is 1.20. The van der Waals surface area contributed by atoms with Gasteiger partial charge in [0.2, 0.25) is 0 Å². The number of allylic oxidation sites excluding steroid dienone is 2. The van der Waals surface area contributed by atoms with Gasteiger partial charge in [-0.2, -0.15) is 5.10 Å². The van der Waals surface area contributed by atoms with Crippen LogP contribution in [0.4, 0.5) is 5.69 Å².